The number of hydrogen-bond donors (Lipinski definition) is 2. The van der Waals surface area contributed by atoms with E-state index in [0.717, 1.165) is 21.9 Å². The van der Waals surface area contributed by atoms with Crippen molar-refractivity contribution in [2.24, 2.45) is 0 Å². The summed E-state index contributed by atoms with van der Waals surface area (Å²) in [7, 11) is -0.619. The maximum Gasteiger partial charge on any atom is 0.492 e. The average molecular weight is 521 g/mol. The van der Waals surface area contributed by atoms with Gasteiger partial charge in [0, 0.05) is 17.8 Å². The zero-order valence-corrected chi connectivity index (χ0v) is 22.7. The molecule has 2 N–H and O–H groups in total. The molecular weight excluding hydrogens is 489 g/mol. The zero-order chi connectivity index (χ0) is 27.2. The van der Waals surface area contributed by atoms with Gasteiger partial charge in [-0.15, -0.1) is 0 Å². The number of carbonyl (C=O) groups excluding carboxylic acids is 1. The second-order valence-electron chi connectivity index (χ2n) is 11.2. The molecule has 3 aromatic carbocycles. The van der Waals surface area contributed by atoms with Gasteiger partial charge in [0.2, 0.25) is 0 Å². The summed E-state index contributed by atoms with van der Waals surface area (Å²) >= 11 is 0. The summed E-state index contributed by atoms with van der Waals surface area (Å²) < 4.78 is 18.4. The Bertz CT molecular complexity index is 1510. The number of fused-ring (bicyclic) bond motifs is 4. The molecule has 4 aromatic rings. The quantitative estimate of drug-likeness (QED) is 0.299. The molecule has 1 fully saturated rings. The van der Waals surface area contributed by atoms with E-state index in [1.165, 1.54) is 22.3 Å². The number of carbonyl (C=O) groups is 1. The van der Waals surface area contributed by atoms with Crippen LogP contribution in [0.3, 0.4) is 0 Å². The highest BCUT2D eigenvalue weighted by Gasteiger charge is 2.52. The van der Waals surface area contributed by atoms with E-state index in [2.05, 4.69) is 39.8 Å². The van der Waals surface area contributed by atoms with Crippen molar-refractivity contribution < 1.29 is 18.8 Å². The molecule has 1 aliphatic heterocycles. The van der Waals surface area contributed by atoms with Crippen molar-refractivity contribution in [1.29, 1.82) is 0 Å². The molecule has 2 heterocycles. The van der Waals surface area contributed by atoms with Crippen LogP contribution in [-0.4, -0.2) is 47.8 Å². The fourth-order valence-corrected chi connectivity index (χ4v) is 5.34. The predicted molar refractivity (Wildman–Crippen MR) is 153 cm³/mol. The van der Waals surface area contributed by atoms with Crippen LogP contribution in [0.25, 0.3) is 28.1 Å². The Labute approximate surface area is 228 Å². The predicted octanol–water partition coefficient (Wildman–Crippen LogP) is 6.12. The minimum Gasteiger partial charge on any atom is -0.449 e. The highest BCUT2D eigenvalue weighted by atomic mass is 16.7. The first-order chi connectivity index (χ1) is 18.7. The Morgan fingerprint density at radius 3 is 2.28 bits per heavy atom. The number of nitrogens with zero attached hydrogens (tertiary/aromatic N) is 1. The molecule has 0 saturated carbocycles. The smallest absolute Gasteiger partial charge is 0.449 e. The third kappa shape index (κ3) is 4.64. The van der Waals surface area contributed by atoms with Gasteiger partial charge in [-0.3, -0.25) is 5.10 Å². The summed E-state index contributed by atoms with van der Waals surface area (Å²) in [6, 6.07) is 22.5. The molecule has 0 radical (unpaired) electrons. The van der Waals surface area contributed by atoms with Gasteiger partial charge in [0.25, 0.3) is 0 Å². The molecule has 0 spiro atoms. The lowest BCUT2D eigenvalue weighted by atomic mass is 9.76. The van der Waals surface area contributed by atoms with Crippen LogP contribution >= 0.6 is 0 Å². The fraction of sp³-hybridized carbons (Fsp3) is 0.290. The summed E-state index contributed by atoms with van der Waals surface area (Å²) in [6.07, 6.45) is 3.31. The number of alkyl carbamates (subject to hydrolysis) is 1. The van der Waals surface area contributed by atoms with Gasteiger partial charge in [0.15, 0.2) is 0 Å². The van der Waals surface area contributed by atoms with Gasteiger partial charge >= 0.3 is 13.2 Å². The number of ether oxygens (including phenoxy) is 1. The first-order valence-electron chi connectivity index (χ1n) is 13.3. The van der Waals surface area contributed by atoms with Gasteiger partial charge < -0.3 is 19.4 Å². The molecule has 0 unspecified atom stereocenters. The topological polar surface area (TPSA) is 85.5 Å². The second kappa shape index (κ2) is 9.70. The molecule has 1 aliphatic carbocycles. The highest BCUT2D eigenvalue weighted by Crippen LogP contribution is 2.44. The third-order valence-electron chi connectivity index (χ3n) is 8.20. The summed E-state index contributed by atoms with van der Waals surface area (Å²) in [6.45, 7) is 8.52. The SMILES string of the molecule is CC1(C)OB(C(=Cc2cccc3[nH]ncc23)CNC(=O)OCC2c3ccccc3-c3ccccc32)OC1(C)C. The highest BCUT2D eigenvalue weighted by molar-refractivity contribution is 6.56. The lowest BCUT2D eigenvalue weighted by Gasteiger charge is -2.32. The molecule has 2 aliphatic rings. The fourth-order valence-electron chi connectivity index (χ4n) is 5.34. The van der Waals surface area contributed by atoms with Crippen LogP contribution in [0.2, 0.25) is 0 Å². The van der Waals surface area contributed by atoms with E-state index in [1.807, 2.05) is 76.2 Å². The van der Waals surface area contributed by atoms with Crippen molar-refractivity contribution in [3.8, 4) is 11.1 Å². The van der Waals surface area contributed by atoms with Gasteiger partial charge in [-0.2, -0.15) is 5.10 Å². The van der Waals surface area contributed by atoms with Crippen molar-refractivity contribution in [3.63, 3.8) is 0 Å². The van der Waals surface area contributed by atoms with Gasteiger partial charge in [-0.05, 0) is 67.1 Å². The standard InChI is InChI=1S/C31H32BN3O4/c1-30(2)31(3,4)39-32(38-30)21(16-20-10-9-15-28-26(20)18-34-35-28)17-33-29(36)37-19-27-24-13-7-5-11-22(24)23-12-6-8-14-25(23)27/h5-16,18,27H,17,19H2,1-4H3,(H,33,36)(H,34,35). The van der Waals surface area contributed by atoms with Crippen LogP contribution in [0.1, 0.15) is 50.3 Å². The maximum absolute atomic E-state index is 13.0. The van der Waals surface area contributed by atoms with Crippen molar-refractivity contribution in [1.82, 2.24) is 15.5 Å². The molecule has 1 aromatic heterocycles. The Balaban J connectivity index is 1.20. The van der Waals surface area contributed by atoms with Gasteiger partial charge in [0.1, 0.15) is 6.61 Å². The van der Waals surface area contributed by atoms with E-state index < -0.39 is 24.4 Å². The molecule has 0 bridgehead atoms. The number of amides is 1. The summed E-state index contributed by atoms with van der Waals surface area (Å²) in [5.41, 5.74) is 6.40. The number of aromatic amines is 1. The third-order valence-corrected chi connectivity index (χ3v) is 8.20. The number of H-pyrrole nitrogens is 1. The molecule has 1 amide bonds. The monoisotopic (exact) mass is 521 g/mol. The van der Waals surface area contributed by atoms with E-state index in [1.54, 1.807) is 6.20 Å². The number of nitrogens with one attached hydrogen (secondary N) is 2. The second-order valence-corrected chi connectivity index (χ2v) is 11.2. The van der Waals surface area contributed by atoms with Gasteiger partial charge in [-0.1, -0.05) is 66.7 Å². The largest absolute Gasteiger partial charge is 0.492 e. The molecule has 8 heteroatoms. The maximum atomic E-state index is 13.0. The van der Waals surface area contributed by atoms with Gasteiger partial charge in [-0.25, -0.2) is 4.79 Å². The molecule has 1 saturated heterocycles. The van der Waals surface area contributed by atoms with Crippen LogP contribution in [0.15, 0.2) is 78.4 Å². The molecular formula is C31H32BN3O4. The van der Waals surface area contributed by atoms with E-state index in [0.29, 0.717) is 0 Å². The normalized spacial score (nSPS) is 17.7. The molecule has 198 valence electrons. The summed E-state index contributed by atoms with van der Waals surface area (Å²) in [5.74, 6) is -0.0000434. The van der Waals surface area contributed by atoms with Crippen LogP contribution in [0.5, 0.6) is 0 Å². The summed E-state index contributed by atoms with van der Waals surface area (Å²) in [5, 5.41) is 11.1. The number of hydrogen-bond acceptors (Lipinski definition) is 5. The van der Waals surface area contributed by atoms with Crippen LogP contribution in [-0.2, 0) is 14.0 Å². The Morgan fingerprint density at radius 2 is 1.62 bits per heavy atom. The van der Waals surface area contributed by atoms with Gasteiger partial charge in [0.05, 0.1) is 22.9 Å². The first-order valence-corrected chi connectivity index (χ1v) is 13.3. The molecule has 39 heavy (non-hydrogen) atoms. The van der Waals surface area contributed by atoms with Crippen molar-refractivity contribution in [2.45, 2.75) is 44.8 Å². The number of aromatic nitrogens is 2. The van der Waals surface area contributed by atoms with Crippen LogP contribution in [0.4, 0.5) is 4.79 Å². The lowest BCUT2D eigenvalue weighted by molar-refractivity contribution is 0.00578. The van der Waals surface area contributed by atoms with E-state index in [9.17, 15) is 4.79 Å². The Morgan fingerprint density at radius 1 is 0.974 bits per heavy atom. The first kappa shape index (κ1) is 25.4. The average Bonchev–Trinajstić information content (AvgIpc) is 3.58. The Hall–Kier alpha value is -3.88. The summed E-state index contributed by atoms with van der Waals surface area (Å²) in [4.78, 5) is 13.0. The molecule has 6 rings (SSSR count). The molecule has 0 atom stereocenters. The van der Waals surface area contributed by atoms with E-state index in [4.69, 9.17) is 14.0 Å². The van der Waals surface area contributed by atoms with Crippen molar-refractivity contribution in [2.75, 3.05) is 13.2 Å². The Kier molecular flexibility index (Phi) is 6.32. The van der Waals surface area contributed by atoms with E-state index >= 15 is 0 Å². The zero-order valence-electron chi connectivity index (χ0n) is 22.7. The number of rotatable bonds is 6. The minimum atomic E-state index is -0.619. The van der Waals surface area contributed by atoms with Crippen molar-refractivity contribution in [3.05, 3.63) is 95.1 Å². The van der Waals surface area contributed by atoms with E-state index in [-0.39, 0.29) is 19.1 Å². The van der Waals surface area contributed by atoms with Crippen LogP contribution in [0, 0.1) is 0 Å². The minimum absolute atomic E-state index is 0.0000434. The number of benzene rings is 3. The lowest BCUT2D eigenvalue weighted by Crippen LogP contribution is -2.41. The molecule has 7 nitrogen and oxygen atoms in total. The van der Waals surface area contributed by atoms with Crippen molar-refractivity contribution >= 4 is 30.2 Å². The van der Waals surface area contributed by atoms with Crippen LogP contribution < -0.4 is 5.32 Å².